The molecule has 0 saturated heterocycles. The summed E-state index contributed by atoms with van der Waals surface area (Å²) in [6, 6.07) is 15.9. The van der Waals surface area contributed by atoms with Crippen molar-refractivity contribution in [1.29, 1.82) is 0 Å². The number of thiophene rings is 1. The molecule has 2 amide bonds. The van der Waals surface area contributed by atoms with Crippen molar-refractivity contribution in [2.75, 3.05) is 11.9 Å². The van der Waals surface area contributed by atoms with Gasteiger partial charge in [-0.25, -0.2) is 9.78 Å². The quantitative estimate of drug-likeness (QED) is 0.209. The topological polar surface area (TPSA) is 144 Å². The maximum atomic E-state index is 13.9. The Balaban J connectivity index is 1.29. The number of hydrogen-bond donors (Lipinski definition) is 4. The third-order valence-corrected chi connectivity index (χ3v) is 10.1. The van der Waals surface area contributed by atoms with Crippen molar-refractivity contribution >= 4 is 34.8 Å². The number of nitrogens with two attached hydrogens (primary N) is 1. The molecule has 2 aromatic carbocycles. The van der Waals surface area contributed by atoms with Crippen LogP contribution in [-0.4, -0.2) is 40.5 Å². The van der Waals surface area contributed by atoms with Crippen LogP contribution >= 0.6 is 11.3 Å². The van der Waals surface area contributed by atoms with E-state index in [1.54, 1.807) is 41.7 Å². The molecule has 3 aliphatic rings. The van der Waals surface area contributed by atoms with Crippen molar-refractivity contribution in [3.8, 4) is 27.3 Å². The number of fused-ring (bicyclic) bond motifs is 5. The van der Waals surface area contributed by atoms with Gasteiger partial charge in [-0.2, -0.15) is 0 Å². The number of benzene rings is 2. The van der Waals surface area contributed by atoms with E-state index in [9.17, 15) is 19.5 Å². The molecule has 5 N–H and O–H groups in total. The Morgan fingerprint density at radius 3 is 2.55 bits per heavy atom. The molecular formula is C34H32N4O5S. The molecule has 3 heterocycles. The molecule has 1 unspecified atom stereocenters. The van der Waals surface area contributed by atoms with Gasteiger partial charge >= 0.3 is 5.97 Å². The molecule has 2 aliphatic carbocycles. The standard InChI is InChI=1S/C34H32N4O5S/c35-17-18-2-5-22(6-3-18)36-32(39)25-15-26-29(43-11-9-20-10-12-44-31(20)26)16-24(25)23-7-8-27(37-30(23)34(41)42)33(40)38-28-14-19-1-4-21(28)13-19/h2-3,5-8,10,12,15-16,19,21,28H,1,4,9,11,13-14,17,35H2,(H,36,39)(H,38,40)(H,41,42)/t19-,21+,28?/m1/s1. The summed E-state index contributed by atoms with van der Waals surface area (Å²) in [6.07, 6.45) is 5.12. The van der Waals surface area contributed by atoms with Crippen molar-refractivity contribution in [3.63, 3.8) is 0 Å². The fraction of sp³-hybridized carbons (Fsp3) is 0.294. The third kappa shape index (κ3) is 5.24. The summed E-state index contributed by atoms with van der Waals surface area (Å²) in [5.74, 6) is -0.419. The fourth-order valence-electron chi connectivity index (χ4n) is 6.88. The lowest BCUT2D eigenvalue weighted by atomic mass is 9.93. The van der Waals surface area contributed by atoms with Crippen molar-refractivity contribution in [2.45, 2.75) is 44.7 Å². The molecule has 7 rings (SSSR count). The second-order valence-corrected chi connectivity index (χ2v) is 12.7. The zero-order valence-electron chi connectivity index (χ0n) is 24.0. The Kier molecular flexibility index (Phi) is 7.39. The number of carbonyl (C=O) groups excluding carboxylic acids is 2. The van der Waals surface area contributed by atoms with Gasteiger partial charge in [0, 0.05) is 51.8 Å². The number of rotatable bonds is 7. The Morgan fingerprint density at radius 1 is 0.977 bits per heavy atom. The normalized spacial score (nSPS) is 19.8. The minimum absolute atomic E-state index is 0.0363. The molecule has 0 radical (unpaired) electrons. The number of nitrogens with zero attached hydrogens (tertiary/aromatic N) is 1. The van der Waals surface area contributed by atoms with Gasteiger partial charge in [0.25, 0.3) is 11.8 Å². The lowest BCUT2D eigenvalue weighted by molar-refractivity contribution is 0.0691. The SMILES string of the molecule is NCc1ccc(NC(=O)c2cc3c(cc2-c2ccc(C(=O)NC4C[C@@H]5CC[C@H]4C5)nc2C(=O)O)OCCc2ccsc2-3)cc1. The molecule has 0 spiro atoms. The Morgan fingerprint density at radius 2 is 1.82 bits per heavy atom. The maximum Gasteiger partial charge on any atom is 0.355 e. The highest BCUT2D eigenvalue weighted by Gasteiger charge is 2.40. The van der Waals surface area contributed by atoms with E-state index in [1.165, 1.54) is 12.5 Å². The fourth-order valence-corrected chi connectivity index (χ4v) is 7.86. The predicted molar refractivity (Wildman–Crippen MR) is 168 cm³/mol. The van der Waals surface area contributed by atoms with E-state index in [2.05, 4.69) is 21.7 Å². The van der Waals surface area contributed by atoms with E-state index in [0.29, 0.717) is 48.4 Å². The summed E-state index contributed by atoms with van der Waals surface area (Å²) >= 11 is 1.57. The zero-order chi connectivity index (χ0) is 30.4. The largest absolute Gasteiger partial charge is 0.493 e. The van der Waals surface area contributed by atoms with Gasteiger partial charge in [0.2, 0.25) is 0 Å². The number of carbonyl (C=O) groups is 3. The van der Waals surface area contributed by atoms with Gasteiger partial charge in [-0.15, -0.1) is 11.3 Å². The molecule has 3 atom stereocenters. The van der Waals surface area contributed by atoms with E-state index in [0.717, 1.165) is 40.8 Å². The van der Waals surface area contributed by atoms with Crippen molar-refractivity contribution < 1.29 is 24.2 Å². The maximum absolute atomic E-state index is 13.9. The highest BCUT2D eigenvalue weighted by atomic mass is 32.1. The van der Waals surface area contributed by atoms with Crippen LogP contribution in [0.1, 0.15) is 68.1 Å². The number of anilines is 1. The molecule has 1 aliphatic heterocycles. The van der Waals surface area contributed by atoms with Crippen LogP contribution in [0.5, 0.6) is 5.75 Å². The number of aromatic nitrogens is 1. The Bertz CT molecular complexity index is 1780. The molecule has 9 nitrogen and oxygen atoms in total. The second-order valence-electron chi connectivity index (χ2n) is 11.8. The van der Waals surface area contributed by atoms with E-state index in [1.807, 2.05) is 17.5 Å². The molecule has 2 bridgehead atoms. The van der Waals surface area contributed by atoms with Gasteiger partial charge in [-0.05, 0) is 90.1 Å². The number of ether oxygens (including phenoxy) is 1. The van der Waals surface area contributed by atoms with Crippen LogP contribution in [0.25, 0.3) is 21.6 Å². The van der Waals surface area contributed by atoms with Crippen LogP contribution in [0, 0.1) is 11.8 Å². The van der Waals surface area contributed by atoms with Crippen LogP contribution < -0.4 is 21.1 Å². The van der Waals surface area contributed by atoms with Crippen molar-refractivity contribution in [3.05, 3.63) is 88.1 Å². The first-order chi connectivity index (χ1) is 21.4. The van der Waals surface area contributed by atoms with Crippen LogP contribution in [0.2, 0.25) is 0 Å². The lowest BCUT2D eigenvalue weighted by Crippen LogP contribution is -2.39. The minimum atomic E-state index is -1.30. The Labute approximate surface area is 258 Å². The summed E-state index contributed by atoms with van der Waals surface area (Å²) in [4.78, 5) is 45.0. The van der Waals surface area contributed by atoms with Gasteiger partial charge in [0.15, 0.2) is 5.69 Å². The van der Waals surface area contributed by atoms with Gasteiger partial charge < -0.3 is 26.2 Å². The molecule has 44 heavy (non-hydrogen) atoms. The number of pyridine rings is 1. The molecule has 2 saturated carbocycles. The predicted octanol–water partition coefficient (Wildman–Crippen LogP) is 5.74. The van der Waals surface area contributed by atoms with Gasteiger partial charge in [0.05, 0.1) is 6.61 Å². The number of carboxylic acid groups (broad SMARTS) is 1. The monoisotopic (exact) mass is 608 g/mol. The number of hydrogen-bond acceptors (Lipinski definition) is 7. The third-order valence-electron chi connectivity index (χ3n) is 9.11. The summed E-state index contributed by atoms with van der Waals surface area (Å²) in [5, 5.41) is 18.3. The lowest BCUT2D eigenvalue weighted by Gasteiger charge is -2.23. The van der Waals surface area contributed by atoms with Crippen molar-refractivity contribution in [1.82, 2.24) is 10.3 Å². The number of nitrogens with one attached hydrogen (secondary N) is 2. The number of amides is 2. The molecule has 10 heteroatoms. The van der Waals surface area contributed by atoms with Gasteiger partial charge in [0.1, 0.15) is 11.4 Å². The van der Waals surface area contributed by atoms with Crippen LogP contribution in [0.15, 0.2) is 60.0 Å². The first-order valence-electron chi connectivity index (χ1n) is 14.9. The molecule has 224 valence electrons. The summed E-state index contributed by atoms with van der Waals surface area (Å²) < 4.78 is 6.12. The van der Waals surface area contributed by atoms with Crippen molar-refractivity contribution in [2.24, 2.45) is 17.6 Å². The molecule has 4 aromatic rings. The zero-order valence-corrected chi connectivity index (χ0v) is 24.8. The average molecular weight is 609 g/mol. The van der Waals surface area contributed by atoms with Crippen LogP contribution in [0.3, 0.4) is 0 Å². The smallest absolute Gasteiger partial charge is 0.355 e. The van der Waals surface area contributed by atoms with E-state index < -0.39 is 11.9 Å². The first kappa shape index (κ1) is 28.2. The van der Waals surface area contributed by atoms with E-state index in [-0.39, 0.29) is 34.5 Å². The Hall–Kier alpha value is -4.54. The van der Waals surface area contributed by atoms with Crippen LogP contribution in [-0.2, 0) is 13.0 Å². The van der Waals surface area contributed by atoms with Gasteiger partial charge in [-0.3, -0.25) is 9.59 Å². The average Bonchev–Trinajstić information content (AvgIpc) is 3.77. The summed E-state index contributed by atoms with van der Waals surface area (Å²) in [5.41, 5.74) is 9.70. The van der Waals surface area contributed by atoms with E-state index >= 15 is 0 Å². The highest BCUT2D eigenvalue weighted by Crippen LogP contribution is 2.45. The van der Waals surface area contributed by atoms with E-state index in [4.69, 9.17) is 10.5 Å². The second kappa shape index (κ2) is 11.5. The molecular weight excluding hydrogens is 576 g/mol. The summed E-state index contributed by atoms with van der Waals surface area (Å²) in [6.45, 7) is 0.828. The molecule has 2 fully saturated rings. The van der Waals surface area contributed by atoms with Gasteiger partial charge in [-0.1, -0.05) is 18.6 Å². The minimum Gasteiger partial charge on any atom is -0.493 e. The molecule has 2 aromatic heterocycles. The first-order valence-corrected chi connectivity index (χ1v) is 15.8. The number of aromatic carboxylic acids is 1. The van der Waals surface area contributed by atoms with Crippen LogP contribution in [0.4, 0.5) is 5.69 Å². The highest BCUT2D eigenvalue weighted by molar-refractivity contribution is 7.13. The number of carboxylic acids is 1. The summed E-state index contributed by atoms with van der Waals surface area (Å²) in [7, 11) is 0.